The molecule has 0 saturated carbocycles. The number of hydrogen-bond acceptors (Lipinski definition) is 4. The van der Waals surface area contributed by atoms with Crippen LogP contribution >= 0.6 is 0 Å². The van der Waals surface area contributed by atoms with Crippen molar-refractivity contribution in [2.45, 2.75) is 32.5 Å². The fourth-order valence-electron chi connectivity index (χ4n) is 1.25. The summed E-state index contributed by atoms with van der Waals surface area (Å²) in [6.07, 6.45) is -1.94. The Labute approximate surface area is 104 Å². The Balaban J connectivity index is 2.81. The Bertz CT molecular complexity index is 450. The molecule has 0 spiro atoms. The Morgan fingerprint density at radius 1 is 1.33 bits per heavy atom. The molecule has 0 saturated heterocycles. The third-order valence-electron chi connectivity index (χ3n) is 2.01. The third-order valence-corrected chi connectivity index (χ3v) is 2.01. The zero-order valence-electron chi connectivity index (χ0n) is 10.3. The highest BCUT2D eigenvalue weighted by Gasteiger charge is 2.26. The predicted octanol–water partition coefficient (Wildman–Crippen LogP) is 2.95. The summed E-state index contributed by atoms with van der Waals surface area (Å²) in [7, 11) is 0. The molecular formula is C12H14FNO4. The van der Waals surface area contributed by atoms with Crippen LogP contribution in [0.5, 0.6) is 0 Å². The minimum absolute atomic E-state index is 0.0369. The smallest absolute Gasteiger partial charge is 0.345 e. The van der Waals surface area contributed by atoms with Crippen LogP contribution in [0.3, 0.4) is 0 Å². The van der Waals surface area contributed by atoms with E-state index in [0.717, 1.165) is 12.1 Å². The number of alkyl halides is 1. The van der Waals surface area contributed by atoms with E-state index in [9.17, 15) is 19.3 Å². The molecule has 5 nitrogen and oxygen atoms in total. The molecule has 1 aromatic carbocycles. The van der Waals surface area contributed by atoms with Gasteiger partial charge >= 0.3 is 5.97 Å². The highest BCUT2D eigenvalue weighted by molar-refractivity contribution is 5.76. The van der Waals surface area contributed by atoms with Crippen LogP contribution in [0.2, 0.25) is 0 Å². The van der Waals surface area contributed by atoms with Gasteiger partial charge in [0.05, 0.1) is 4.92 Å². The van der Waals surface area contributed by atoms with Gasteiger partial charge in [-0.3, -0.25) is 10.1 Å². The van der Waals surface area contributed by atoms with E-state index in [0.29, 0.717) is 0 Å². The maximum Gasteiger partial charge on any atom is 0.345 e. The van der Waals surface area contributed by atoms with Crippen molar-refractivity contribution in [1.82, 2.24) is 0 Å². The van der Waals surface area contributed by atoms with Crippen molar-refractivity contribution in [3.63, 3.8) is 0 Å². The van der Waals surface area contributed by atoms with E-state index in [4.69, 9.17) is 4.74 Å². The first-order valence-electron chi connectivity index (χ1n) is 5.32. The normalized spacial score (nSPS) is 12.9. The average Bonchev–Trinajstić information content (AvgIpc) is 2.26. The van der Waals surface area contributed by atoms with Gasteiger partial charge in [-0.1, -0.05) is 0 Å². The van der Waals surface area contributed by atoms with Gasteiger partial charge in [0.25, 0.3) is 5.69 Å². The molecule has 0 aliphatic rings. The predicted molar refractivity (Wildman–Crippen MR) is 62.8 cm³/mol. The second-order valence-electron chi connectivity index (χ2n) is 4.74. The van der Waals surface area contributed by atoms with Crippen LogP contribution in [0.25, 0.3) is 0 Å². The lowest BCUT2D eigenvalue weighted by molar-refractivity contribution is -0.384. The molecule has 1 unspecified atom stereocenters. The molecule has 0 aromatic heterocycles. The SMILES string of the molecule is CC(C)(C)OC(=O)C(F)c1ccc([N+](=O)[O-])cc1. The topological polar surface area (TPSA) is 69.4 Å². The molecule has 1 aromatic rings. The summed E-state index contributed by atoms with van der Waals surface area (Å²) < 4.78 is 18.6. The molecule has 0 N–H and O–H groups in total. The largest absolute Gasteiger partial charge is 0.458 e. The first kappa shape index (κ1) is 14.1. The number of nitro groups is 1. The molecular weight excluding hydrogens is 241 g/mol. The molecule has 1 rings (SSSR count). The fourth-order valence-corrected chi connectivity index (χ4v) is 1.25. The first-order chi connectivity index (χ1) is 8.20. The van der Waals surface area contributed by atoms with E-state index < -0.39 is 22.7 Å². The van der Waals surface area contributed by atoms with Gasteiger partial charge in [-0.15, -0.1) is 0 Å². The number of hydrogen-bond donors (Lipinski definition) is 0. The molecule has 0 radical (unpaired) electrons. The van der Waals surface area contributed by atoms with Gasteiger partial charge in [0, 0.05) is 12.1 Å². The number of non-ortho nitro benzene ring substituents is 1. The third kappa shape index (κ3) is 3.80. The first-order valence-corrected chi connectivity index (χ1v) is 5.32. The lowest BCUT2D eigenvalue weighted by Crippen LogP contribution is -2.26. The zero-order chi connectivity index (χ0) is 13.9. The molecule has 98 valence electrons. The van der Waals surface area contributed by atoms with Crippen LogP contribution < -0.4 is 0 Å². The van der Waals surface area contributed by atoms with E-state index in [2.05, 4.69) is 0 Å². The Morgan fingerprint density at radius 2 is 1.83 bits per heavy atom. The van der Waals surface area contributed by atoms with Crippen molar-refractivity contribution < 1.29 is 18.8 Å². The van der Waals surface area contributed by atoms with Gasteiger partial charge in [0.1, 0.15) is 5.60 Å². The van der Waals surface area contributed by atoms with Crippen molar-refractivity contribution in [1.29, 1.82) is 0 Å². The second kappa shape index (κ2) is 5.12. The van der Waals surface area contributed by atoms with Crippen LogP contribution in [0.1, 0.15) is 32.5 Å². The van der Waals surface area contributed by atoms with Crippen LogP contribution in [-0.2, 0) is 9.53 Å². The number of nitro benzene ring substituents is 1. The molecule has 0 amide bonds. The molecule has 0 fully saturated rings. The summed E-state index contributed by atoms with van der Waals surface area (Å²) in [6, 6.07) is 4.69. The van der Waals surface area contributed by atoms with Crippen LogP contribution in [-0.4, -0.2) is 16.5 Å². The molecule has 0 aliphatic heterocycles. The Hall–Kier alpha value is -1.98. The maximum absolute atomic E-state index is 13.7. The zero-order valence-corrected chi connectivity index (χ0v) is 10.3. The number of carbonyl (C=O) groups is 1. The van der Waals surface area contributed by atoms with Crippen molar-refractivity contribution in [3.8, 4) is 0 Å². The van der Waals surface area contributed by atoms with Crippen molar-refractivity contribution >= 4 is 11.7 Å². The van der Waals surface area contributed by atoms with E-state index in [1.165, 1.54) is 12.1 Å². The standard InChI is InChI=1S/C12H14FNO4/c1-12(2,3)18-11(15)10(13)8-4-6-9(7-5-8)14(16)17/h4-7,10H,1-3H3. The minimum atomic E-state index is -1.94. The average molecular weight is 255 g/mol. The van der Waals surface area contributed by atoms with Gasteiger partial charge in [0.15, 0.2) is 0 Å². The summed E-state index contributed by atoms with van der Waals surface area (Å²) in [5.41, 5.74) is -0.896. The monoisotopic (exact) mass is 255 g/mol. The molecule has 0 aliphatic carbocycles. The van der Waals surface area contributed by atoms with Crippen molar-refractivity contribution in [2.24, 2.45) is 0 Å². The Morgan fingerprint density at radius 3 is 2.22 bits per heavy atom. The Kier molecular flexibility index (Phi) is 4.00. The summed E-state index contributed by atoms with van der Waals surface area (Å²) in [6.45, 7) is 4.90. The fraction of sp³-hybridized carbons (Fsp3) is 0.417. The summed E-state index contributed by atoms with van der Waals surface area (Å²) in [4.78, 5) is 21.3. The number of esters is 1. The highest BCUT2D eigenvalue weighted by atomic mass is 19.1. The summed E-state index contributed by atoms with van der Waals surface area (Å²) >= 11 is 0. The van der Waals surface area contributed by atoms with E-state index in [1.54, 1.807) is 20.8 Å². The molecule has 18 heavy (non-hydrogen) atoms. The summed E-state index contributed by atoms with van der Waals surface area (Å²) in [5.74, 6) is -1.00. The van der Waals surface area contributed by atoms with E-state index in [1.807, 2.05) is 0 Å². The van der Waals surface area contributed by atoms with E-state index >= 15 is 0 Å². The van der Waals surface area contributed by atoms with Gasteiger partial charge in [-0.25, -0.2) is 9.18 Å². The lowest BCUT2D eigenvalue weighted by atomic mass is 10.1. The molecule has 0 bridgehead atoms. The quantitative estimate of drug-likeness (QED) is 0.473. The second-order valence-corrected chi connectivity index (χ2v) is 4.74. The molecule has 6 heteroatoms. The number of rotatable bonds is 3. The molecule has 0 heterocycles. The van der Waals surface area contributed by atoms with E-state index in [-0.39, 0.29) is 11.3 Å². The molecule has 1 atom stereocenters. The van der Waals surface area contributed by atoms with Gasteiger partial charge in [0.2, 0.25) is 6.17 Å². The van der Waals surface area contributed by atoms with Gasteiger partial charge < -0.3 is 4.74 Å². The maximum atomic E-state index is 13.7. The van der Waals surface area contributed by atoms with Crippen LogP contribution in [0, 0.1) is 10.1 Å². The minimum Gasteiger partial charge on any atom is -0.458 e. The lowest BCUT2D eigenvalue weighted by Gasteiger charge is -2.20. The van der Waals surface area contributed by atoms with Crippen LogP contribution in [0.4, 0.5) is 10.1 Å². The number of halogens is 1. The number of ether oxygens (including phenoxy) is 1. The number of nitrogens with zero attached hydrogens (tertiary/aromatic N) is 1. The number of carbonyl (C=O) groups excluding carboxylic acids is 1. The van der Waals surface area contributed by atoms with Crippen LogP contribution in [0.15, 0.2) is 24.3 Å². The van der Waals surface area contributed by atoms with Gasteiger partial charge in [-0.2, -0.15) is 0 Å². The van der Waals surface area contributed by atoms with Gasteiger partial charge in [-0.05, 0) is 38.5 Å². The van der Waals surface area contributed by atoms with Crippen molar-refractivity contribution in [3.05, 3.63) is 39.9 Å². The number of benzene rings is 1. The summed E-state index contributed by atoms with van der Waals surface area (Å²) in [5, 5.41) is 10.4. The highest BCUT2D eigenvalue weighted by Crippen LogP contribution is 2.23. The van der Waals surface area contributed by atoms with Crippen molar-refractivity contribution in [2.75, 3.05) is 0 Å².